The maximum Gasteiger partial charge on any atom is 0.217 e. The second kappa shape index (κ2) is 8.81. The Bertz CT molecular complexity index is 899. The predicted octanol–water partition coefficient (Wildman–Crippen LogP) is 2.86. The van der Waals surface area contributed by atoms with Gasteiger partial charge in [0.15, 0.2) is 0 Å². The monoisotopic (exact) mass is 437 g/mol. The highest BCUT2D eigenvalue weighted by Gasteiger charge is 2.42. The average Bonchev–Trinajstić information content (AvgIpc) is 3.47. The lowest BCUT2D eigenvalue weighted by atomic mass is 9.86. The van der Waals surface area contributed by atoms with E-state index in [9.17, 15) is 13.5 Å². The van der Waals surface area contributed by atoms with Gasteiger partial charge in [-0.3, -0.25) is 0 Å². The van der Waals surface area contributed by atoms with Gasteiger partial charge in [-0.25, -0.2) is 17.7 Å². The van der Waals surface area contributed by atoms with Crippen LogP contribution < -0.4 is 5.32 Å². The molecule has 1 aromatic rings. The van der Waals surface area contributed by atoms with Crippen LogP contribution in [0, 0.1) is 23.7 Å². The van der Waals surface area contributed by atoms with Crippen LogP contribution in [0.2, 0.25) is 5.15 Å². The average molecular weight is 438 g/mol. The third-order valence-electron chi connectivity index (χ3n) is 6.20. The minimum atomic E-state index is -3.12. The number of hydrogen-bond donors (Lipinski definition) is 2. The molecule has 8 heteroatoms. The highest BCUT2D eigenvalue weighted by Crippen LogP contribution is 2.33. The van der Waals surface area contributed by atoms with E-state index in [1.54, 1.807) is 10.5 Å². The molecular formula is C21H28ClN3O3S. The molecule has 0 bridgehead atoms. The Morgan fingerprint density at radius 1 is 1.21 bits per heavy atom. The third kappa shape index (κ3) is 5.05. The van der Waals surface area contributed by atoms with Crippen molar-refractivity contribution < 1.29 is 13.5 Å². The molecule has 0 amide bonds. The smallest absolute Gasteiger partial charge is 0.217 e. The highest BCUT2D eigenvalue weighted by atomic mass is 35.5. The molecule has 0 spiro atoms. The lowest BCUT2D eigenvalue weighted by Crippen LogP contribution is -2.31. The van der Waals surface area contributed by atoms with Gasteiger partial charge >= 0.3 is 0 Å². The van der Waals surface area contributed by atoms with Crippen LogP contribution in [0.1, 0.15) is 50.5 Å². The number of aliphatic hydroxyl groups excluding tert-OH is 1. The zero-order valence-electron chi connectivity index (χ0n) is 16.5. The molecule has 0 radical (unpaired) electrons. The molecule has 1 aliphatic heterocycles. The first-order valence-electron chi connectivity index (χ1n) is 10.5. The minimum Gasteiger partial charge on any atom is -0.396 e. The molecule has 2 aliphatic carbocycles. The summed E-state index contributed by atoms with van der Waals surface area (Å²) in [5.41, 5.74) is 1.67. The zero-order chi connectivity index (χ0) is 20.4. The van der Waals surface area contributed by atoms with Crippen molar-refractivity contribution in [3.63, 3.8) is 0 Å². The van der Waals surface area contributed by atoms with E-state index in [1.165, 1.54) is 0 Å². The molecule has 1 atom stereocenters. The lowest BCUT2D eigenvalue weighted by molar-refractivity contribution is 0.186. The summed E-state index contributed by atoms with van der Waals surface area (Å²) in [6, 6.07) is 2.14. The molecule has 1 saturated heterocycles. The van der Waals surface area contributed by atoms with Gasteiger partial charge in [-0.1, -0.05) is 23.4 Å². The summed E-state index contributed by atoms with van der Waals surface area (Å²) < 4.78 is 26.4. The number of halogens is 1. The van der Waals surface area contributed by atoms with Gasteiger partial charge in [0.25, 0.3) is 0 Å². The standard InChI is InChI=1S/C21H28ClN3O3S/c22-21-11-20(24-18-5-2-16(14-26)3-6-18)17(12-23-21)4-1-15-9-10-25(13-15)29(27,28)19-7-8-19/h11-12,15-16,18-19,26H,2-3,5-10,13-14H2,(H,23,24). The summed E-state index contributed by atoms with van der Waals surface area (Å²) in [5, 5.41) is 13.1. The van der Waals surface area contributed by atoms with E-state index >= 15 is 0 Å². The van der Waals surface area contributed by atoms with Crippen molar-refractivity contribution in [2.24, 2.45) is 11.8 Å². The van der Waals surface area contributed by atoms with Crippen molar-refractivity contribution >= 4 is 27.3 Å². The molecule has 1 aromatic heterocycles. The van der Waals surface area contributed by atoms with Gasteiger partial charge in [0.2, 0.25) is 10.0 Å². The molecule has 29 heavy (non-hydrogen) atoms. The number of anilines is 1. The SMILES string of the molecule is O=S(=O)(C1CC1)N1CCC(C#Cc2cnc(Cl)cc2NC2CCC(CO)CC2)C1. The quantitative estimate of drug-likeness (QED) is 0.546. The van der Waals surface area contributed by atoms with Crippen molar-refractivity contribution in [1.29, 1.82) is 0 Å². The van der Waals surface area contributed by atoms with Crippen LogP contribution in [0.15, 0.2) is 12.3 Å². The summed E-state index contributed by atoms with van der Waals surface area (Å²) in [6.45, 7) is 1.32. The lowest BCUT2D eigenvalue weighted by Gasteiger charge is -2.29. The van der Waals surface area contributed by atoms with Gasteiger partial charge < -0.3 is 10.4 Å². The van der Waals surface area contributed by atoms with E-state index in [0.29, 0.717) is 30.2 Å². The highest BCUT2D eigenvalue weighted by molar-refractivity contribution is 7.90. The number of sulfonamides is 1. The second-order valence-corrected chi connectivity index (χ2v) is 11.1. The van der Waals surface area contributed by atoms with Crippen molar-refractivity contribution in [3.8, 4) is 11.8 Å². The third-order valence-corrected chi connectivity index (χ3v) is 8.77. The normalized spacial score (nSPS) is 28.0. The molecule has 4 rings (SSSR count). The van der Waals surface area contributed by atoms with Crippen LogP contribution >= 0.6 is 11.6 Å². The van der Waals surface area contributed by atoms with Crippen molar-refractivity contribution in [2.45, 2.75) is 56.2 Å². The first kappa shape index (κ1) is 20.9. The maximum atomic E-state index is 12.4. The van der Waals surface area contributed by atoms with Gasteiger partial charge in [0.05, 0.1) is 16.5 Å². The molecule has 2 N–H and O–H groups in total. The van der Waals surface area contributed by atoms with Crippen LogP contribution in [-0.4, -0.2) is 53.8 Å². The van der Waals surface area contributed by atoms with Gasteiger partial charge in [-0.05, 0) is 56.9 Å². The summed E-state index contributed by atoms with van der Waals surface area (Å²) in [4.78, 5) is 4.17. The number of aliphatic hydroxyl groups is 1. The van der Waals surface area contributed by atoms with E-state index in [0.717, 1.165) is 56.2 Å². The van der Waals surface area contributed by atoms with Crippen molar-refractivity contribution in [2.75, 3.05) is 25.0 Å². The van der Waals surface area contributed by atoms with Crippen LogP contribution in [-0.2, 0) is 10.0 Å². The summed E-state index contributed by atoms with van der Waals surface area (Å²) >= 11 is 6.11. The minimum absolute atomic E-state index is 0.0482. The first-order valence-corrected chi connectivity index (χ1v) is 12.4. The van der Waals surface area contributed by atoms with E-state index < -0.39 is 10.0 Å². The van der Waals surface area contributed by atoms with Crippen LogP contribution in [0.25, 0.3) is 0 Å². The molecule has 3 aliphatic rings. The summed E-state index contributed by atoms with van der Waals surface area (Å²) in [5.74, 6) is 6.93. The number of aromatic nitrogens is 1. The van der Waals surface area contributed by atoms with Gasteiger partial charge in [0.1, 0.15) is 5.15 Å². The van der Waals surface area contributed by atoms with Gasteiger partial charge in [-0.2, -0.15) is 0 Å². The number of nitrogens with one attached hydrogen (secondary N) is 1. The Hall–Kier alpha value is -1.33. The maximum absolute atomic E-state index is 12.4. The fourth-order valence-corrected chi connectivity index (χ4v) is 6.25. The Morgan fingerprint density at radius 3 is 2.66 bits per heavy atom. The molecule has 3 fully saturated rings. The Balaban J connectivity index is 1.42. The van der Waals surface area contributed by atoms with Crippen molar-refractivity contribution in [3.05, 3.63) is 23.0 Å². The fraction of sp³-hybridized carbons (Fsp3) is 0.667. The number of nitrogens with zero attached hydrogens (tertiary/aromatic N) is 2. The van der Waals surface area contributed by atoms with E-state index in [2.05, 4.69) is 22.1 Å². The first-order chi connectivity index (χ1) is 14.0. The molecular weight excluding hydrogens is 410 g/mol. The Morgan fingerprint density at radius 2 is 1.97 bits per heavy atom. The predicted molar refractivity (Wildman–Crippen MR) is 114 cm³/mol. The molecule has 2 saturated carbocycles. The van der Waals surface area contributed by atoms with Gasteiger partial charge in [0, 0.05) is 37.9 Å². The van der Waals surface area contributed by atoms with E-state index in [1.807, 2.05) is 6.07 Å². The Labute approximate surface area is 178 Å². The van der Waals surface area contributed by atoms with Gasteiger partial charge in [-0.15, -0.1) is 0 Å². The van der Waals surface area contributed by atoms with Crippen molar-refractivity contribution in [1.82, 2.24) is 9.29 Å². The molecule has 2 heterocycles. The molecule has 1 unspecified atom stereocenters. The molecule has 0 aromatic carbocycles. The van der Waals surface area contributed by atoms with E-state index in [-0.39, 0.29) is 17.8 Å². The molecule has 6 nitrogen and oxygen atoms in total. The summed E-state index contributed by atoms with van der Waals surface area (Å²) in [6.07, 6.45) is 8.09. The fourth-order valence-electron chi connectivity index (χ4n) is 4.19. The number of pyridine rings is 1. The molecule has 158 valence electrons. The van der Waals surface area contributed by atoms with Crippen LogP contribution in [0.5, 0.6) is 0 Å². The number of hydrogen-bond acceptors (Lipinski definition) is 5. The van der Waals surface area contributed by atoms with Crippen LogP contribution in [0.4, 0.5) is 5.69 Å². The Kier molecular flexibility index (Phi) is 6.35. The second-order valence-electron chi connectivity index (χ2n) is 8.45. The van der Waals surface area contributed by atoms with E-state index in [4.69, 9.17) is 11.6 Å². The number of rotatable bonds is 5. The van der Waals surface area contributed by atoms with Crippen LogP contribution in [0.3, 0.4) is 0 Å². The topological polar surface area (TPSA) is 82.5 Å². The zero-order valence-corrected chi connectivity index (χ0v) is 18.1. The largest absolute Gasteiger partial charge is 0.396 e. The summed E-state index contributed by atoms with van der Waals surface area (Å²) in [7, 11) is -3.12.